The van der Waals surface area contributed by atoms with E-state index in [2.05, 4.69) is 17.6 Å². The van der Waals surface area contributed by atoms with Crippen molar-refractivity contribution in [3.8, 4) is 0 Å². The number of hydrogen-bond acceptors (Lipinski definition) is 2. The van der Waals surface area contributed by atoms with E-state index in [1.165, 1.54) is 17.7 Å². The summed E-state index contributed by atoms with van der Waals surface area (Å²) in [5.41, 5.74) is 1.31. The molecule has 1 N–H and O–H groups in total. The molecule has 1 atom stereocenters. The highest BCUT2D eigenvalue weighted by Gasteiger charge is 2.06. The van der Waals surface area contributed by atoms with Gasteiger partial charge in [-0.15, -0.1) is 0 Å². The van der Waals surface area contributed by atoms with Crippen molar-refractivity contribution in [2.75, 3.05) is 19.1 Å². The first-order valence-corrected chi connectivity index (χ1v) is 6.94. The normalized spacial score (nSPS) is 12.7. The molecule has 1 aromatic rings. The molecule has 0 spiro atoms. The maximum Gasteiger partial charge on any atom is 0.0408 e. The smallest absolute Gasteiger partial charge is 0.0408 e. The summed E-state index contributed by atoms with van der Waals surface area (Å²) in [7, 11) is 2.02. The fourth-order valence-electron chi connectivity index (χ4n) is 1.56. The second-order valence-electron chi connectivity index (χ2n) is 3.60. The lowest BCUT2D eigenvalue weighted by atomic mass is 10.0. The average Bonchev–Trinajstić information content (AvgIpc) is 2.24. The van der Waals surface area contributed by atoms with E-state index in [0.717, 1.165) is 11.4 Å². The Morgan fingerprint density at radius 2 is 2.27 bits per heavy atom. The predicted molar refractivity (Wildman–Crippen MR) is 71.0 cm³/mol. The van der Waals surface area contributed by atoms with Crippen LogP contribution in [0.15, 0.2) is 24.3 Å². The number of likely N-dealkylation sites (N-methyl/N-ethyl adjacent to an activating group) is 1. The molecule has 0 amide bonds. The number of rotatable bonds is 6. The van der Waals surface area contributed by atoms with Crippen LogP contribution < -0.4 is 5.32 Å². The Morgan fingerprint density at radius 3 is 2.87 bits per heavy atom. The lowest BCUT2D eigenvalue weighted by molar-refractivity contribution is 0.547. The molecule has 0 heterocycles. The van der Waals surface area contributed by atoms with Gasteiger partial charge in [-0.2, -0.15) is 11.8 Å². The highest BCUT2D eigenvalue weighted by atomic mass is 35.5. The summed E-state index contributed by atoms with van der Waals surface area (Å²) >= 11 is 7.84. The first-order chi connectivity index (χ1) is 7.26. The largest absolute Gasteiger partial charge is 0.317 e. The lowest BCUT2D eigenvalue weighted by Crippen LogP contribution is -2.28. The second kappa shape index (κ2) is 7.15. The zero-order chi connectivity index (χ0) is 11.1. The van der Waals surface area contributed by atoms with Gasteiger partial charge in [-0.05, 0) is 49.6 Å². The molecule has 0 aliphatic carbocycles. The third-order valence-corrected chi connectivity index (χ3v) is 3.33. The number of thioether (sulfide) groups is 1. The summed E-state index contributed by atoms with van der Waals surface area (Å²) in [5.74, 6) is 1.20. The highest BCUT2D eigenvalue weighted by molar-refractivity contribution is 7.98. The first kappa shape index (κ1) is 12.9. The molecule has 0 aliphatic rings. The summed E-state index contributed by atoms with van der Waals surface area (Å²) in [6.07, 6.45) is 4.40. The Bertz CT molecular complexity index is 291. The zero-order valence-electron chi connectivity index (χ0n) is 9.29. The Kier molecular flexibility index (Phi) is 6.15. The van der Waals surface area contributed by atoms with Crippen molar-refractivity contribution in [2.45, 2.75) is 18.9 Å². The van der Waals surface area contributed by atoms with Crippen LogP contribution in [0.4, 0.5) is 0 Å². The Morgan fingerprint density at radius 1 is 1.47 bits per heavy atom. The molecule has 1 unspecified atom stereocenters. The molecule has 1 aromatic carbocycles. The van der Waals surface area contributed by atoms with E-state index in [9.17, 15) is 0 Å². The van der Waals surface area contributed by atoms with E-state index in [1.807, 2.05) is 37.0 Å². The topological polar surface area (TPSA) is 12.0 Å². The molecular formula is C12H18ClNS. The molecule has 84 valence electrons. The maximum atomic E-state index is 5.95. The molecule has 3 heteroatoms. The Hall–Kier alpha value is -0.180. The summed E-state index contributed by atoms with van der Waals surface area (Å²) in [5, 5.41) is 4.17. The standard InChI is InChI=1S/C12H18ClNS/c1-14-12(6-7-15-2)9-10-4-3-5-11(13)8-10/h3-5,8,12,14H,6-7,9H2,1-2H3. The van der Waals surface area contributed by atoms with Gasteiger partial charge in [0, 0.05) is 11.1 Å². The summed E-state index contributed by atoms with van der Waals surface area (Å²) < 4.78 is 0. The predicted octanol–water partition coefficient (Wildman–Crippen LogP) is 3.22. The van der Waals surface area contributed by atoms with Crippen LogP contribution in [-0.4, -0.2) is 25.1 Å². The van der Waals surface area contributed by atoms with E-state index < -0.39 is 0 Å². The van der Waals surface area contributed by atoms with Crippen LogP contribution in [0.1, 0.15) is 12.0 Å². The summed E-state index contributed by atoms with van der Waals surface area (Å²) in [6, 6.07) is 8.66. The van der Waals surface area contributed by atoms with E-state index in [1.54, 1.807) is 0 Å². The van der Waals surface area contributed by atoms with Crippen LogP contribution in [0, 0.1) is 0 Å². The second-order valence-corrected chi connectivity index (χ2v) is 5.02. The van der Waals surface area contributed by atoms with Crippen molar-refractivity contribution in [2.24, 2.45) is 0 Å². The molecule has 0 saturated heterocycles. The third kappa shape index (κ3) is 4.92. The molecule has 1 rings (SSSR count). The van der Waals surface area contributed by atoms with Crippen LogP contribution >= 0.6 is 23.4 Å². The first-order valence-electron chi connectivity index (χ1n) is 5.17. The molecule has 0 saturated carbocycles. The lowest BCUT2D eigenvalue weighted by Gasteiger charge is -2.15. The van der Waals surface area contributed by atoms with Gasteiger partial charge in [-0.3, -0.25) is 0 Å². The molecule has 0 fully saturated rings. The Balaban J connectivity index is 2.50. The van der Waals surface area contributed by atoms with Crippen molar-refractivity contribution in [3.05, 3.63) is 34.9 Å². The van der Waals surface area contributed by atoms with Crippen molar-refractivity contribution < 1.29 is 0 Å². The molecule has 1 nitrogen and oxygen atoms in total. The third-order valence-electron chi connectivity index (χ3n) is 2.45. The fourth-order valence-corrected chi connectivity index (χ4v) is 2.29. The van der Waals surface area contributed by atoms with Gasteiger partial charge in [-0.1, -0.05) is 23.7 Å². The van der Waals surface area contributed by atoms with Gasteiger partial charge >= 0.3 is 0 Å². The van der Waals surface area contributed by atoms with Gasteiger partial charge < -0.3 is 5.32 Å². The van der Waals surface area contributed by atoms with Crippen molar-refractivity contribution in [1.82, 2.24) is 5.32 Å². The monoisotopic (exact) mass is 243 g/mol. The van der Waals surface area contributed by atoms with Crippen molar-refractivity contribution >= 4 is 23.4 Å². The van der Waals surface area contributed by atoms with Gasteiger partial charge in [0.2, 0.25) is 0 Å². The van der Waals surface area contributed by atoms with Gasteiger partial charge in [0.15, 0.2) is 0 Å². The summed E-state index contributed by atoms with van der Waals surface area (Å²) in [6.45, 7) is 0. The van der Waals surface area contributed by atoms with Crippen molar-refractivity contribution in [1.29, 1.82) is 0 Å². The maximum absolute atomic E-state index is 5.95. The number of benzene rings is 1. The van der Waals surface area contributed by atoms with E-state index in [4.69, 9.17) is 11.6 Å². The van der Waals surface area contributed by atoms with Gasteiger partial charge in [-0.25, -0.2) is 0 Å². The minimum atomic E-state index is 0.552. The molecule has 0 aromatic heterocycles. The summed E-state index contributed by atoms with van der Waals surface area (Å²) in [4.78, 5) is 0. The fraction of sp³-hybridized carbons (Fsp3) is 0.500. The molecule has 15 heavy (non-hydrogen) atoms. The molecular weight excluding hydrogens is 226 g/mol. The van der Waals surface area contributed by atoms with Crippen LogP contribution in [-0.2, 0) is 6.42 Å². The van der Waals surface area contributed by atoms with Crippen LogP contribution in [0.3, 0.4) is 0 Å². The van der Waals surface area contributed by atoms with Crippen LogP contribution in [0.5, 0.6) is 0 Å². The minimum absolute atomic E-state index is 0.552. The van der Waals surface area contributed by atoms with E-state index >= 15 is 0 Å². The highest BCUT2D eigenvalue weighted by Crippen LogP contribution is 2.13. The van der Waals surface area contributed by atoms with Crippen molar-refractivity contribution in [3.63, 3.8) is 0 Å². The van der Waals surface area contributed by atoms with E-state index in [-0.39, 0.29) is 0 Å². The number of nitrogens with one attached hydrogen (secondary N) is 1. The van der Waals surface area contributed by atoms with Crippen LogP contribution in [0.25, 0.3) is 0 Å². The number of halogens is 1. The quantitative estimate of drug-likeness (QED) is 0.824. The molecule has 0 radical (unpaired) electrons. The van der Waals surface area contributed by atoms with Gasteiger partial charge in [0.1, 0.15) is 0 Å². The zero-order valence-corrected chi connectivity index (χ0v) is 10.9. The SMILES string of the molecule is CNC(CCSC)Cc1cccc(Cl)c1. The number of hydrogen-bond donors (Lipinski definition) is 1. The molecule has 0 aliphatic heterocycles. The molecule has 0 bridgehead atoms. The van der Waals surface area contributed by atoms with E-state index in [0.29, 0.717) is 6.04 Å². The van der Waals surface area contributed by atoms with Gasteiger partial charge in [0.25, 0.3) is 0 Å². The van der Waals surface area contributed by atoms with Gasteiger partial charge in [0.05, 0.1) is 0 Å². The Labute approximate surface area is 102 Å². The average molecular weight is 244 g/mol. The minimum Gasteiger partial charge on any atom is -0.317 e. The van der Waals surface area contributed by atoms with Crippen LogP contribution in [0.2, 0.25) is 5.02 Å².